The molecule has 1 fully saturated rings. The van der Waals surface area contributed by atoms with Gasteiger partial charge in [-0.1, -0.05) is 36.4 Å². The molecule has 5 rings (SSSR count). The van der Waals surface area contributed by atoms with Crippen LogP contribution >= 0.6 is 11.8 Å². The van der Waals surface area contributed by atoms with Crippen LogP contribution < -0.4 is 5.32 Å². The van der Waals surface area contributed by atoms with Crippen LogP contribution in [0.4, 0.5) is 23.7 Å². The lowest BCUT2D eigenvalue weighted by Gasteiger charge is -2.13. The van der Waals surface area contributed by atoms with Crippen LogP contribution in [0.1, 0.15) is 22.5 Å². The standard InChI is InChI=1S/C29H22F3N3O3S/c1-17-12-21(18(2)35(17)24-11-10-19-6-3-4-7-20(19)13-24)14-25-27(37)34(28(38)39-25)16-26(36)33-23-9-5-8-22(15-23)29(30,31)32/h3-15H,16H2,1-2H3,(H,33,36)/b25-14-. The first-order chi connectivity index (χ1) is 18.5. The molecule has 10 heteroatoms. The number of carbonyl (C=O) groups is 3. The molecule has 0 bridgehead atoms. The Morgan fingerprint density at radius 1 is 0.949 bits per heavy atom. The van der Waals surface area contributed by atoms with Crippen molar-refractivity contribution in [3.63, 3.8) is 0 Å². The van der Waals surface area contributed by atoms with Crippen LogP contribution in [0, 0.1) is 13.8 Å². The highest BCUT2D eigenvalue weighted by molar-refractivity contribution is 8.18. The highest BCUT2D eigenvalue weighted by Crippen LogP contribution is 2.34. The zero-order valence-electron chi connectivity index (χ0n) is 20.9. The average Bonchev–Trinajstić information content (AvgIpc) is 3.32. The summed E-state index contributed by atoms with van der Waals surface area (Å²) in [6.07, 6.45) is -2.95. The number of hydrogen-bond donors (Lipinski definition) is 1. The van der Waals surface area contributed by atoms with Crippen molar-refractivity contribution in [2.75, 3.05) is 11.9 Å². The molecule has 3 aromatic carbocycles. The van der Waals surface area contributed by atoms with Gasteiger partial charge in [0.2, 0.25) is 5.91 Å². The van der Waals surface area contributed by atoms with Crippen LogP contribution in [0.3, 0.4) is 0 Å². The molecular formula is C29H22F3N3O3S. The number of thioether (sulfide) groups is 1. The maximum atomic E-state index is 13.0. The summed E-state index contributed by atoms with van der Waals surface area (Å²) in [4.78, 5) is 39.0. The van der Waals surface area contributed by atoms with E-state index in [-0.39, 0.29) is 10.6 Å². The number of nitrogens with zero attached hydrogens (tertiary/aromatic N) is 2. The Morgan fingerprint density at radius 3 is 2.44 bits per heavy atom. The summed E-state index contributed by atoms with van der Waals surface area (Å²) in [6.45, 7) is 3.25. The third kappa shape index (κ3) is 5.33. The van der Waals surface area contributed by atoms with Crippen molar-refractivity contribution < 1.29 is 27.6 Å². The fourth-order valence-corrected chi connectivity index (χ4v) is 5.37. The van der Waals surface area contributed by atoms with Crippen LogP contribution in [-0.4, -0.2) is 33.1 Å². The number of rotatable bonds is 5. The second kappa shape index (κ2) is 10.1. The third-order valence-corrected chi connectivity index (χ3v) is 7.30. The van der Waals surface area contributed by atoms with E-state index < -0.39 is 35.3 Å². The Hall–Kier alpha value is -4.31. The molecule has 3 amide bonds. The van der Waals surface area contributed by atoms with E-state index in [0.717, 1.165) is 56.5 Å². The first-order valence-corrected chi connectivity index (χ1v) is 12.7. The number of amides is 3. The Bertz CT molecular complexity index is 1670. The van der Waals surface area contributed by atoms with Gasteiger partial charge in [-0.05, 0) is 84.4 Å². The predicted molar refractivity (Wildman–Crippen MR) is 145 cm³/mol. The molecule has 0 atom stereocenters. The van der Waals surface area contributed by atoms with Gasteiger partial charge in [-0.3, -0.25) is 19.3 Å². The second-order valence-electron chi connectivity index (χ2n) is 9.09. The lowest BCUT2D eigenvalue weighted by atomic mass is 10.1. The van der Waals surface area contributed by atoms with Crippen molar-refractivity contribution in [2.45, 2.75) is 20.0 Å². The molecule has 0 aliphatic carbocycles. The van der Waals surface area contributed by atoms with Gasteiger partial charge < -0.3 is 9.88 Å². The highest BCUT2D eigenvalue weighted by Gasteiger charge is 2.37. The fraction of sp³-hybridized carbons (Fsp3) is 0.138. The number of aryl methyl sites for hydroxylation is 1. The summed E-state index contributed by atoms with van der Waals surface area (Å²) in [7, 11) is 0. The van der Waals surface area contributed by atoms with Gasteiger partial charge in [0.05, 0.1) is 10.5 Å². The van der Waals surface area contributed by atoms with Crippen LogP contribution in [0.25, 0.3) is 22.5 Å². The van der Waals surface area contributed by atoms with Crippen LogP contribution in [-0.2, 0) is 15.8 Å². The topological polar surface area (TPSA) is 71.4 Å². The Morgan fingerprint density at radius 2 is 1.69 bits per heavy atom. The van der Waals surface area contributed by atoms with Crippen LogP contribution in [0.5, 0.6) is 0 Å². The van der Waals surface area contributed by atoms with E-state index >= 15 is 0 Å². The van der Waals surface area contributed by atoms with E-state index in [1.807, 2.05) is 56.3 Å². The largest absolute Gasteiger partial charge is 0.416 e. The minimum Gasteiger partial charge on any atom is -0.325 e. The second-order valence-corrected chi connectivity index (χ2v) is 10.1. The van der Waals surface area contributed by atoms with E-state index in [4.69, 9.17) is 0 Å². The monoisotopic (exact) mass is 549 g/mol. The first kappa shape index (κ1) is 26.3. The molecule has 6 nitrogen and oxygen atoms in total. The molecule has 39 heavy (non-hydrogen) atoms. The van der Waals surface area contributed by atoms with E-state index in [0.29, 0.717) is 11.8 Å². The number of anilines is 1. The van der Waals surface area contributed by atoms with Gasteiger partial charge >= 0.3 is 6.18 Å². The van der Waals surface area contributed by atoms with Crippen molar-refractivity contribution in [1.82, 2.24) is 9.47 Å². The van der Waals surface area contributed by atoms with Crippen molar-refractivity contribution in [3.05, 3.63) is 100 Å². The summed E-state index contributed by atoms with van der Waals surface area (Å²) in [5.41, 5.74) is 2.52. The molecular weight excluding hydrogens is 527 g/mol. The summed E-state index contributed by atoms with van der Waals surface area (Å²) < 4.78 is 40.9. The van der Waals surface area contributed by atoms with Crippen molar-refractivity contribution in [2.24, 2.45) is 0 Å². The molecule has 1 saturated heterocycles. The molecule has 1 N–H and O–H groups in total. The van der Waals surface area contributed by atoms with Gasteiger partial charge in [0, 0.05) is 22.8 Å². The average molecular weight is 550 g/mol. The lowest BCUT2D eigenvalue weighted by molar-refractivity contribution is -0.137. The predicted octanol–water partition coefficient (Wildman–Crippen LogP) is 6.94. The lowest BCUT2D eigenvalue weighted by Crippen LogP contribution is -2.36. The van der Waals surface area contributed by atoms with Gasteiger partial charge in [0.1, 0.15) is 6.54 Å². The number of benzene rings is 3. The number of fused-ring (bicyclic) bond motifs is 1. The number of carbonyl (C=O) groups excluding carboxylic acids is 3. The molecule has 198 valence electrons. The van der Waals surface area contributed by atoms with E-state index in [2.05, 4.69) is 16.0 Å². The molecule has 1 aliphatic rings. The molecule has 1 aromatic heterocycles. The smallest absolute Gasteiger partial charge is 0.325 e. The molecule has 4 aromatic rings. The van der Waals surface area contributed by atoms with Gasteiger partial charge in [-0.25, -0.2) is 0 Å². The van der Waals surface area contributed by atoms with Crippen LogP contribution in [0.2, 0.25) is 0 Å². The van der Waals surface area contributed by atoms with Gasteiger partial charge in [0.25, 0.3) is 11.1 Å². The molecule has 0 unspecified atom stereocenters. The zero-order valence-corrected chi connectivity index (χ0v) is 21.7. The minimum atomic E-state index is -4.57. The maximum absolute atomic E-state index is 13.0. The Labute approximate surface area is 226 Å². The molecule has 1 aliphatic heterocycles. The number of nitrogens with one attached hydrogen (secondary N) is 1. The number of halogens is 3. The fourth-order valence-electron chi connectivity index (χ4n) is 4.54. The highest BCUT2D eigenvalue weighted by atomic mass is 32.2. The summed E-state index contributed by atoms with van der Waals surface area (Å²) in [5.74, 6) is -1.42. The Balaban J connectivity index is 1.34. The zero-order chi connectivity index (χ0) is 27.9. The number of imide groups is 1. The van der Waals surface area contributed by atoms with Gasteiger partial charge in [-0.15, -0.1) is 0 Å². The maximum Gasteiger partial charge on any atom is 0.416 e. The Kier molecular flexibility index (Phi) is 6.82. The molecule has 2 heterocycles. The van der Waals surface area contributed by atoms with Crippen molar-refractivity contribution in [3.8, 4) is 5.69 Å². The summed E-state index contributed by atoms with van der Waals surface area (Å²) in [5, 5.41) is 3.90. The van der Waals surface area contributed by atoms with Gasteiger partial charge in [-0.2, -0.15) is 13.2 Å². The summed E-state index contributed by atoms with van der Waals surface area (Å²) in [6, 6.07) is 20.2. The number of alkyl halides is 3. The number of hydrogen-bond acceptors (Lipinski definition) is 4. The first-order valence-electron chi connectivity index (χ1n) is 11.9. The quantitative estimate of drug-likeness (QED) is 0.274. The number of aromatic nitrogens is 1. The van der Waals surface area contributed by atoms with Gasteiger partial charge in [0.15, 0.2) is 0 Å². The normalized spacial score (nSPS) is 15.0. The van der Waals surface area contributed by atoms with Crippen molar-refractivity contribution in [1.29, 1.82) is 0 Å². The SMILES string of the molecule is Cc1cc(/C=C2\SC(=O)N(CC(=O)Nc3cccc(C(F)(F)F)c3)C2=O)c(C)n1-c1ccc2ccccc2c1. The van der Waals surface area contributed by atoms with E-state index in [1.165, 1.54) is 6.07 Å². The molecule has 0 spiro atoms. The van der Waals surface area contributed by atoms with Crippen molar-refractivity contribution >= 4 is 51.4 Å². The van der Waals surface area contributed by atoms with E-state index in [1.54, 1.807) is 6.08 Å². The molecule has 0 radical (unpaired) electrons. The molecule has 0 saturated carbocycles. The van der Waals surface area contributed by atoms with E-state index in [9.17, 15) is 27.6 Å². The summed E-state index contributed by atoms with van der Waals surface area (Å²) >= 11 is 0.713. The third-order valence-electron chi connectivity index (χ3n) is 6.40. The van der Waals surface area contributed by atoms with Crippen LogP contribution in [0.15, 0.2) is 77.7 Å². The minimum absolute atomic E-state index is 0.0848.